The van der Waals surface area contributed by atoms with E-state index in [0.717, 1.165) is 28.7 Å². The van der Waals surface area contributed by atoms with E-state index in [-0.39, 0.29) is 12.3 Å². The van der Waals surface area contributed by atoms with Crippen molar-refractivity contribution >= 4 is 17.8 Å². The summed E-state index contributed by atoms with van der Waals surface area (Å²) in [5.41, 5.74) is 4.39. The summed E-state index contributed by atoms with van der Waals surface area (Å²) in [6.45, 7) is 0. The molecule has 3 rings (SSSR count). The summed E-state index contributed by atoms with van der Waals surface area (Å²) in [5.74, 6) is -2.23. The van der Waals surface area contributed by atoms with Crippen molar-refractivity contribution in [2.24, 2.45) is 0 Å². The molecule has 1 unspecified atom stereocenters. The van der Waals surface area contributed by atoms with Crippen molar-refractivity contribution in [3.63, 3.8) is 0 Å². The summed E-state index contributed by atoms with van der Waals surface area (Å²) in [5, 5.41) is 8.90. The maximum Gasteiger partial charge on any atom is 0.372 e. The molecule has 1 aliphatic carbocycles. The van der Waals surface area contributed by atoms with Gasteiger partial charge in [0.05, 0.1) is 0 Å². The van der Waals surface area contributed by atoms with Gasteiger partial charge in [0.25, 0.3) is 0 Å². The van der Waals surface area contributed by atoms with Crippen LogP contribution in [0.5, 0.6) is 0 Å². The van der Waals surface area contributed by atoms with Gasteiger partial charge < -0.3 is 5.11 Å². The molecule has 3 nitrogen and oxygen atoms in total. The Morgan fingerprint density at radius 2 is 1.64 bits per heavy atom. The first kappa shape index (κ1) is 14.3. The van der Waals surface area contributed by atoms with E-state index in [2.05, 4.69) is 6.08 Å². The molecule has 0 bridgehead atoms. The number of hydrogen-bond acceptors (Lipinski definition) is 2. The average molecular weight is 292 g/mol. The van der Waals surface area contributed by atoms with Gasteiger partial charge >= 0.3 is 5.97 Å². The highest BCUT2D eigenvalue weighted by molar-refractivity contribution is 6.32. The number of carboxylic acids is 1. The molecule has 0 saturated carbocycles. The van der Waals surface area contributed by atoms with Crippen LogP contribution in [0, 0.1) is 0 Å². The van der Waals surface area contributed by atoms with Crippen LogP contribution < -0.4 is 0 Å². The van der Waals surface area contributed by atoms with Gasteiger partial charge in [-0.05, 0) is 23.1 Å². The lowest BCUT2D eigenvalue weighted by Crippen LogP contribution is -2.17. The molecule has 0 aromatic heterocycles. The molecule has 110 valence electrons. The number of Topliss-reactive ketones (excluding diaryl/α,β-unsaturated/α-hetero) is 1. The molecule has 3 heteroatoms. The third-order valence-electron chi connectivity index (χ3n) is 4.04. The van der Waals surface area contributed by atoms with Gasteiger partial charge in [0.15, 0.2) is 0 Å². The largest absolute Gasteiger partial charge is 0.476 e. The highest BCUT2D eigenvalue weighted by Crippen LogP contribution is 2.40. The van der Waals surface area contributed by atoms with E-state index in [0.29, 0.717) is 0 Å². The SMILES string of the molecule is O=C(O)C(=O)CC1C(Cc2ccccc2)=Cc2ccccc21. The van der Waals surface area contributed by atoms with E-state index >= 15 is 0 Å². The Morgan fingerprint density at radius 1 is 0.955 bits per heavy atom. The van der Waals surface area contributed by atoms with Crippen molar-refractivity contribution < 1.29 is 14.7 Å². The normalized spacial score (nSPS) is 16.0. The second-order valence-electron chi connectivity index (χ2n) is 5.50. The Hall–Kier alpha value is -2.68. The Bertz CT molecular complexity index is 744. The lowest BCUT2D eigenvalue weighted by Gasteiger charge is -2.15. The van der Waals surface area contributed by atoms with Crippen LogP contribution >= 0.6 is 0 Å². The molecule has 0 spiro atoms. The number of allylic oxidation sites excluding steroid dienone is 1. The van der Waals surface area contributed by atoms with Crippen molar-refractivity contribution in [2.75, 3.05) is 0 Å². The number of carbonyl (C=O) groups is 2. The van der Waals surface area contributed by atoms with E-state index in [1.54, 1.807) is 0 Å². The molecule has 1 aliphatic rings. The summed E-state index contributed by atoms with van der Waals surface area (Å²) >= 11 is 0. The fourth-order valence-corrected chi connectivity index (χ4v) is 2.98. The van der Waals surface area contributed by atoms with Crippen molar-refractivity contribution in [3.05, 3.63) is 76.9 Å². The number of carbonyl (C=O) groups excluding carboxylic acids is 1. The number of aliphatic carboxylic acids is 1. The van der Waals surface area contributed by atoms with Crippen LogP contribution in [-0.2, 0) is 16.0 Å². The number of benzene rings is 2. The van der Waals surface area contributed by atoms with E-state index in [9.17, 15) is 9.59 Å². The van der Waals surface area contributed by atoms with E-state index in [4.69, 9.17) is 5.11 Å². The van der Waals surface area contributed by atoms with Crippen LogP contribution in [-0.4, -0.2) is 16.9 Å². The Kier molecular flexibility index (Phi) is 3.88. The van der Waals surface area contributed by atoms with E-state index < -0.39 is 11.8 Å². The van der Waals surface area contributed by atoms with Crippen molar-refractivity contribution in [3.8, 4) is 0 Å². The zero-order valence-corrected chi connectivity index (χ0v) is 12.0. The van der Waals surface area contributed by atoms with Gasteiger partial charge in [-0.2, -0.15) is 0 Å². The minimum atomic E-state index is -1.36. The quantitative estimate of drug-likeness (QED) is 0.859. The van der Waals surface area contributed by atoms with E-state index in [1.165, 1.54) is 0 Å². The molecular weight excluding hydrogens is 276 g/mol. The lowest BCUT2D eigenvalue weighted by atomic mass is 9.88. The van der Waals surface area contributed by atoms with Gasteiger partial charge in [-0.1, -0.05) is 66.2 Å². The highest BCUT2D eigenvalue weighted by atomic mass is 16.4. The zero-order chi connectivity index (χ0) is 15.5. The number of hydrogen-bond donors (Lipinski definition) is 1. The molecule has 0 aliphatic heterocycles. The molecule has 2 aromatic carbocycles. The number of rotatable bonds is 5. The summed E-state index contributed by atoms with van der Waals surface area (Å²) in [7, 11) is 0. The maximum atomic E-state index is 11.7. The third-order valence-corrected chi connectivity index (χ3v) is 4.04. The minimum Gasteiger partial charge on any atom is -0.476 e. The Labute approximate surface area is 128 Å². The molecule has 22 heavy (non-hydrogen) atoms. The maximum absolute atomic E-state index is 11.7. The van der Waals surface area contributed by atoms with Gasteiger partial charge in [-0.25, -0.2) is 4.79 Å². The molecule has 2 aromatic rings. The molecule has 0 heterocycles. The highest BCUT2D eigenvalue weighted by Gasteiger charge is 2.29. The second-order valence-corrected chi connectivity index (χ2v) is 5.50. The van der Waals surface area contributed by atoms with Gasteiger partial charge in [0.1, 0.15) is 0 Å². The molecule has 1 atom stereocenters. The average Bonchev–Trinajstić information content (AvgIpc) is 2.86. The van der Waals surface area contributed by atoms with Crippen LogP contribution in [0.1, 0.15) is 29.0 Å². The predicted octanol–water partition coefficient (Wildman–Crippen LogP) is 3.45. The summed E-state index contributed by atoms with van der Waals surface area (Å²) in [6.07, 6.45) is 2.83. The molecule has 0 fully saturated rings. The van der Waals surface area contributed by atoms with Gasteiger partial charge in [0, 0.05) is 12.3 Å². The van der Waals surface area contributed by atoms with Crippen LogP contribution in [0.15, 0.2) is 60.2 Å². The first-order valence-electron chi connectivity index (χ1n) is 7.24. The minimum absolute atomic E-state index is 0.0189. The van der Waals surface area contributed by atoms with Crippen LogP contribution in [0.25, 0.3) is 6.08 Å². The summed E-state index contributed by atoms with van der Waals surface area (Å²) < 4.78 is 0. The first-order chi connectivity index (χ1) is 10.6. The topological polar surface area (TPSA) is 54.4 Å². The standard InChI is InChI=1S/C19H16O3/c20-18(19(21)22)12-17-15(10-13-6-2-1-3-7-13)11-14-8-4-5-9-16(14)17/h1-9,11,17H,10,12H2,(H,21,22). The molecular formula is C19H16O3. The Morgan fingerprint density at radius 3 is 2.36 bits per heavy atom. The van der Waals surface area contributed by atoms with Crippen LogP contribution in [0.2, 0.25) is 0 Å². The van der Waals surface area contributed by atoms with Gasteiger partial charge in [-0.3, -0.25) is 4.79 Å². The lowest BCUT2D eigenvalue weighted by molar-refractivity contribution is -0.149. The smallest absolute Gasteiger partial charge is 0.372 e. The molecule has 0 amide bonds. The Balaban J connectivity index is 1.90. The summed E-state index contributed by atoms with van der Waals surface area (Å²) in [6, 6.07) is 17.9. The van der Waals surface area contributed by atoms with Gasteiger partial charge in [0.2, 0.25) is 5.78 Å². The fraction of sp³-hybridized carbons (Fsp3) is 0.158. The monoisotopic (exact) mass is 292 g/mol. The summed E-state index contributed by atoms with van der Waals surface area (Å²) in [4.78, 5) is 22.6. The van der Waals surface area contributed by atoms with Crippen molar-refractivity contribution in [1.82, 2.24) is 0 Å². The number of ketones is 1. The third kappa shape index (κ3) is 2.84. The van der Waals surface area contributed by atoms with Crippen LogP contribution in [0.4, 0.5) is 0 Å². The molecule has 1 N–H and O–H groups in total. The van der Waals surface area contributed by atoms with E-state index in [1.807, 2.05) is 54.6 Å². The first-order valence-corrected chi connectivity index (χ1v) is 7.24. The predicted molar refractivity (Wildman–Crippen MR) is 84.6 cm³/mol. The zero-order valence-electron chi connectivity index (χ0n) is 12.0. The second kappa shape index (κ2) is 5.98. The number of carboxylic acid groups (broad SMARTS) is 1. The number of fused-ring (bicyclic) bond motifs is 1. The van der Waals surface area contributed by atoms with Crippen LogP contribution in [0.3, 0.4) is 0 Å². The van der Waals surface area contributed by atoms with Gasteiger partial charge in [-0.15, -0.1) is 0 Å². The fourth-order valence-electron chi connectivity index (χ4n) is 2.98. The molecule has 0 radical (unpaired) electrons. The van der Waals surface area contributed by atoms with Crippen molar-refractivity contribution in [1.29, 1.82) is 0 Å². The molecule has 0 saturated heterocycles. The van der Waals surface area contributed by atoms with Crippen molar-refractivity contribution in [2.45, 2.75) is 18.8 Å².